The molecule has 0 bridgehead atoms. The summed E-state index contributed by atoms with van der Waals surface area (Å²) >= 11 is 0. The average molecular weight is 232 g/mol. The second-order valence-electron chi connectivity index (χ2n) is 3.73. The van der Waals surface area contributed by atoms with Crippen LogP contribution in [0.1, 0.15) is 18.2 Å². The van der Waals surface area contributed by atoms with Gasteiger partial charge in [-0.1, -0.05) is 0 Å². The number of furan rings is 1. The number of nitrogens with zero attached hydrogens (tertiary/aromatic N) is 2. The third-order valence-electron chi connectivity index (χ3n) is 2.24. The van der Waals surface area contributed by atoms with Crippen molar-refractivity contribution in [2.24, 2.45) is 0 Å². The van der Waals surface area contributed by atoms with E-state index < -0.39 is 0 Å². The Labute approximate surface area is 100 Å². The first-order valence-corrected chi connectivity index (χ1v) is 5.62. The first kappa shape index (κ1) is 11.4. The third-order valence-corrected chi connectivity index (χ3v) is 2.24. The lowest BCUT2D eigenvalue weighted by molar-refractivity contribution is 0.564. The van der Waals surface area contributed by atoms with Crippen molar-refractivity contribution in [3.8, 4) is 0 Å². The van der Waals surface area contributed by atoms with Gasteiger partial charge in [-0.05, 0) is 19.9 Å². The molecule has 0 radical (unpaired) electrons. The van der Waals surface area contributed by atoms with E-state index in [1.54, 1.807) is 12.5 Å². The maximum absolute atomic E-state index is 5.00. The zero-order chi connectivity index (χ0) is 12.1. The van der Waals surface area contributed by atoms with Crippen molar-refractivity contribution in [2.45, 2.75) is 20.4 Å². The molecule has 2 aromatic heterocycles. The number of hydrogen-bond acceptors (Lipinski definition) is 5. The van der Waals surface area contributed by atoms with Crippen LogP contribution >= 0.6 is 0 Å². The Morgan fingerprint density at radius 1 is 1.29 bits per heavy atom. The van der Waals surface area contributed by atoms with E-state index in [-0.39, 0.29) is 0 Å². The summed E-state index contributed by atoms with van der Waals surface area (Å²) in [7, 11) is 0. The summed E-state index contributed by atoms with van der Waals surface area (Å²) in [6.45, 7) is 5.47. The smallest absolute Gasteiger partial charge is 0.224 e. The van der Waals surface area contributed by atoms with Crippen LogP contribution in [0.15, 0.2) is 29.1 Å². The van der Waals surface area contributed by atoms with E-state index in [4.69, 9.17) is 4.42 Å². The second-order valence-corrected chi connectivity index (χ2v) is 3.73. The molecule has 0 aliphatic rings. The van der Waals surface area contributed by atoms with E-state index in [1.165, 1.54) is 0 Å². The first-order valence-electron chi connectivity index (χ1n) is 5.62. The van der Waals surface area contributed by atoms with E-state index in [0.717, 1.165) is 23.6 Å². The minimum Gasteiger partial charge on any atom is -0.472 e. The minimum atomic E-state index is 0.655. The van der Waals surface area contributed by atoms with E-state index in [9.17, 15) is 0 Å². The van der Waals surface area contributed by atoms with Crippen LogP contribution in [0.25, 0.3) is 0 Å². The van der Waals surface area contributed by atoms with Gasteiger partial charge >= 0.3 is 0 Å². The molecule has 0 spiro atoms. The van der Waals surface area contributed by atoms with Crippen LogP contribution < -0.4 is 10.6 Å². The fourth-order valence-corrected chi connectivity index (χ4v) is 1.48. The van der Waals surface area contributed by atoms with Crippen molar-refractivity contribution in [1.82, 2.24) is 9.97 Å². The van der Waals surface area contributed by atoms with Gasteiger partial charge in [0.1, 0.15) is 5.82 Å². The Hall–Kier alpha value is -2.04. The lowest BCUT2D eigenvalue weighted by Crippen LogP contribution is -2.07. The number of aromatic nitrogens is 2. The number of rotatable bonds is 5. The summed E-state index contributed by atoms with van der Waals surface area (Å²) in [5.74, 6) is 1.47. The van der Waals surface area contributed by atoms with Gasteiger partial charge in [0.25, 0.3) is 0 Å². The molecule has 0 atom stereocenters. The Morgan fingerprint density at radius 2 is 2.18 bits per heavy atom. The SMILES string of the molecule is CCNc1nc(C)cc(NCc2ccoc2)n1. The van der Waals surface area contributed by atoms with Crippen molar-refractivity contribution in [1.29, 1.82) is 0 Å². The van der Waals surface area contributed by atoms with E-state index >= 15 is 0 Å². The van der Waals surface area contributed by atoms with Crippen molar-refractivity contribution in [3.63, 3.8) is 0 Å². The molecule has 2 rings (SSSR count). The Balaban J connectivity index is 2.04. The summed E-state index contributed by atoms with van der Waals surface area (Å²) in [6.07, 6.45) is 3.37. The summed E-state index contributed by atoms with van der Waals surface area (Å²) in [6, 6.07) is 3.84. The summed E-state index contributed by atoms with van der Waals surface area (Å²) < 4.78 is 5.00. The van der Waals surface area contributed by atoms with Gasteiger partial charge in [-0.25, -0.2) is 4.98 Å². The Bertz CT molecular complexity index is 467. The van der Waals surface area contributed by atoms with Crippen LogP contribution in [-0.2, 0) is 6.54 Å². The van der Waals surface area contributed by atoms with E-state index in [0.29, 0.717) is 12.5 Å². The normalized spacial score (nSPS) is 10.2. The molecule has 5 heteroatoms. The van der Waals surface area contributed by atoms with Crippen LogP contribution in [0.2, 0.25) is 0 Å². The van der Waals surface area contributed by atoms with Crippen molar-refractivity contribution < 1.29 is 4.42 Å². The summed E-state index contributed by atoms with van der Waals surface area (Å²) in [4.78, 5) is 8.65. The first-order chi connectivity index (χ1) is 8.28. The van der Waals surface area contributed by atoms with Gasteiger partial charge in [-0.2, -0.15) is 4.98 Å². The highest BCUT2D eigenvalue weighted by atomic mass is 16.3. The molecular formula is C12H16N4O. The van der Waals surface area contributed by atoms with Gasteiger partial charge < -0.3 is 15.1 Å². The molecule has 0 aromatic carbocycles. The van der Waals surface area contributed by atoms with Gasteiger partial charge in [0.2, 0.25) is 5.95 Å². The maximum Gasteiger partial charge on any atom is 0.224 e. The lowest BCUT2D eigenvalue weighted by Gasteiger charge is -2.08. The molecular weight excluding hydrogens is 216 g/mol. The molecule has 2 aromatic rings. The zero-order valence-electron chi connectivity index (χ0n) is 10.0. The molecule has 0 unspecified atom stereocenters. The third kappa shape index (κ3) is 3.21. The highest BCUT2D eigenvalue weighted by Gasteiger charge is 2.01. The van der Waals surface area contributed by atoms with E-state index in [1.807, 2.05) is 26.0 Å². The molecule has 5 nitrogen and oxygen atoms in total. The monoisotopic (exact) mass is 232 g/mol. The van der Waals surface area contributed by atoms with Gasteiger partial charge in [-0.3, -0.25) is 0 Å². The quantitative estimate of drug-likeness (QED) is 0.829. The van der Waals surface area contributed by atoms with Crippen LogP contribution in [0, 0.1) is 6.92 Å². The Kier molecular flexibility index (Phi) is 3.59. The van der Waals surface area contributed by atoms with Crippen LogP contribution in [0.5, 0.6) is 0 Å². The standard InChI is InChI=1S/C12H16N4O/c1-3-13-12-15-9(2)6-11(16-12)14-7-10-4-5-17-8-10/h4-6,8H,3,7H2,1-2H3,(H2,13,14,15,16). The van der Waals surface area contributed by atoms with Gasteiger partial charge in [0.15, 0.2) is 0 Å². The van der Waals surface area contributed by atoms with Crippen molar-refractivity contribution >= 4 is 11.8 Å². The van der Waals surface area contributed by atoms with Gasteiger partial charge in [0, 0.05) is 30.4 Å². The molecule has 90 valence electrons. The van der Waals surface area contributed by atoms with Crippen LogP contribution in [0.3, 0.4) is 0 Å². The number of anilines is 2. The maximum atomic E-state index is 5.00. The highest BCUT2D eigenvalue weighted by Crippen LogP contribution is 2.11. The molecule has 0 saturated carbocycles. The van der Waals surface area contributed by atoms with Crippen LogP contribution in [0.4, 0.5) is 11.8 Å². The molecule has 0 fully saturated rings. The van der Waals surface area contributed by atoms with Gasteiger partial charge in [-0.15, -0.1) is 0 Å². The fraction of sp³-hybridized carbons (Fsp3) is 0.333. The fourth-order valence-electron chi connectivity index (χ4n) is 1.48. The molecule has 0 aliphatic heterocycles. The molecule has 2 heterocycles. The highest BCUT2D eigenvalue weighted by molar-refractivity contribution is 5.42. The van der Waals surface area contributed by atoms with E-state index in [2.05, 4.69) is 20.6 Å². The predicted molar refractivity (Wildman–Crippen MR) is 67.0 cm³/mol. The molecule has 17 heavy (non-hydrogen) atoms. The average Bonchev–Trinajstić information content (AvgIpc) is 2.79. The molecule has 0 aliphatic carbocycles. The number of aryl methyl sites for hydroxylation is 1. The largest absolute Gasteiger partial charge is 0.472 e. The molecule has 0 saturated heterocycles. The molecule has 2 N–H and O–H groups in total. The minimum absolute atomic E-state index is 0.655. The number of hydrogen-bond donors (Lipinski definition) is 2. The summed E-state index contributed by atoms with van der Waals surface area (Å²) in [5.41, 5.74) is 2.02. The lowest BCUT2D eigenvalue weighted by atomic mass is 10.3. The topological polar surface area (TPSA) is 63.0 Å². The zero-order valence-corrected chi connectivity index (χ0v) is 10.0. The summed E-state index contributed by atoms with van der Waals surface area (Å²) in [5, 5.41) is 6.34. The Morgan fingerprint density at radius 3 is 2.88 bits per heavy atom. The predicted octanol–water partition coefficient (Wildman–Crippen LogP) is 2.42. The van der Waals surface area contributed by atoms with Crippen LogP contribution in [-0.4, -0.2) is 16.5 Å². The second kappa shape index (κ2) is 5.34. The van der Waals surface area contributed by atoms with Crippen molar-refractivity contribution in [3.05, 3.63) is 35.9 Å². The van der Waals surface area contributed by atoms with Gasteiger partial charge in [0.05, 0.1) is 12.5 Å². The number of nitrogens with one attached hydrogen (secondary N) is 2. The van der Waals surface area contributed by atoms with Crippen molar-refractivity contribution in [2.75, 3.05) is 17.2 Å². The molecule has 0 amide bonds.